The Bertz CT molecular complexity index is 549. The first-order chi connectivity index (χ1) is 8.58. The van der Waals surface area contributed by atoms with Gasteiger partial charge >= 0.3 is 0 Å². The Kier molecular flexibility index (Phi) is 4.18. The van der Waals surface area contributed by atoms with Crippen molar-refractivity contribution >= 4 is 15.9 Å². The molecular weight excluding hydrogens is 291 g/mol. The number of halogens is 2. The SMILES string of the molecule is Cc1cc(C(Br)Cc2ccccc2C)ccc1F. The van der Waals surface area contributed by atoms with Gasteiger partial charge in [0.2, 0.25) is 0 Å². The molecule has 2 aromatic rings. The number of benzene rings is 2. The van der Waals surface area contributed by atoms with Crippen molar-refractivity contribution in [2.24, 2.45) is 0 Å². The summed E-state index contributed by atoms with van der Waals surface area (Å²) in [4.78, 5) is 0.220. The zero-order valence-corrected chi connectivity index (χ0v) is 12.2. The van der Waals surface area contributed by atoms with Gasteiger partial charge in [0.1, 0.15) is 5.82 Å². The minimum Gasteiger partial charge on any atom is -0.207 e. The molecule has 0 aliphatic rings. The smallest absolute Gasteiger partial charge is 0.126 e. The van der Waals surface area contributed by atoms with Crippen molar-refractivity contribution in [1.82, 2.24) is 0 Å². The summed E-state index contributed by atoms with van der Waals surface area (Å²) in [5.74, 6) is -0.144. The summed E-state index contributed by atoms with van der Waals surface area (Å²) in [5, 5.41) is 0. The van der Waals surface area contributed by atoms with E-state index in [4.69, 9.17) is 0 Å². The van der Waals surface area contributed by atoms with Gasteiger partial charge in [-0.15, -0.1) is 0 Å². The second kappa shape index (κ2) is 5.66. The first-order valence-corrected chi connectivity index (χ1v) is 6.94. The van der Waals surface area contributed by atoms with Crippen LogP contribution in [-0.4, -0.2) is 0 Å². The van der Waals surface area contributed by atoms with Crippen LogP contribution >= 0.6 is 15.9 Å². The Morgan fingerprint density at radius 1 is 1.06 bits per heavy atom. The molecule has 0 nitrogen and oxygen atoms in total. The summed E-state index contributed by atoms with van der Waals surface area (Å²) in [6.07, 6.45) is 0.914. The Morgan fingerprint density at radius 2 is 1.78 bits per heavy atom. The molecule has 0 N–H and O–H groups in total. The van der Waals surface area contributed by atoms with Crippen LogP contribution in [0.2, 0.25) is 0 Å². The molecule has 0 bridgehead atoms. The second-order valence-corrected chi connectivity index (χ2v) is 5.71. The monoisotopic (exact) mass is 306 g/mol. The molecule has 1 atom stereocenters. The number of hydrogen-bond donors (Lipinski definition) is 0. The van der Waals surface area contributed by atoms with Crippen molar-refractivity contribution in [2.75, 3.05) is 0 Å². The maximum Gasteiger partial charge on any atom is 0.126 e. The number of hydrogen-bond acceptors (Lipinski definition) is 0. The molecule has 0 fully saturated rings. The van der Waals surface area contributed by atoms with E-state index in [1.807, 2.05) is 18.2 Å². The summed E-state index contributed by atoms with van der Waals surface area (Å²) in [6.45, 7) is 3.91. The summed E-state index contributed by atoms with van der Waals surface area (Å²) in [5.41, 5.74) is 4.43. The molecule has 2 aromatic carbocycles. The molecule has 0 radical (unpaired) electrons. The highest BCUT2D eigenvalue weighted by Crippen LogP contribution is 2.29. The van der Waals surface area contributed by atoms with E-state index in [1.165, 1.54) is 17.2 Å². The highest BCUT2D eigenvalue weighted by molar-refractivity contribution is 9.09. The lowest BCUT2D eigenvalue weighted by Crippen LogP contribution is -1.98. The van der Waals surface area contributed by atoms with Crippen molar-refractivity contribution in [3.63, 3.8) is 0 Å². The van der Waals surface area contributed by atoms with Gasteiger partial charge in [0, 0.05) is 4.83 Å². The minimum absolute atomic E-state index is 0.144. The predicted octanol–water partition coefficient (Wildman–Crippen LogP) is 5.12. The van der Waals surface area contributed by atoms with Crippen LogP contribution < -0.4 is 0 Å². The molecule has 0 aliphatic heterocycles. The molecular formula is C16H16BrF. The van der Waals surface area contributed by atoms with Crippen LogP contribution in [0.15, 0.2) is 42.5 Å². The largest absolute Gasteiger partial charge is 0.207 e. The first-order valence-electron chi connectivity index (χ1n) is 6.02. The van der Waals surface area contributed by atoms with Crippen molar-refractivity contribution in [1.29, 1.82) is 0 Å². The maximum absolute atomic E-state index is 13.2. The lowest BCUT2D eigenvalue weighted by Gasteiger charge is -2.13. The van der Waals surface area contributed by atoms with E-state index < -0.39 is 0 Å². The quantitative estimate of drug-likeness (QED) is 0.690. The van der Waals surface area contributed by atoms with E-state index >= 15 is 0 Å². The molecule has 0 heterocycles. The molecule has 94 valence electrons. The number of rotatable bonds is 3. The van der Waals surface area contributed by atoms with Crippen LogP contribution in [-0.2, 0) is 6.42 Å². The summed E-state index contributed by atoms with van der Waals surface area (Å²) >= 11 is 3.69. The molecule has 2 rings (SSSR count). The molecule has 1 unspecified atom stereocenters. The van der Waals surface area contributed by atoms with E-state index in [2.05, 4.69) is 41.1 Å². The van der Waals surface area contributed by atoms with Gasteiger partial charge in [-0.25, -0.2) is 4.39 Å². The Balaban J connectivity index is 2.19. The van der Waals surface area contributed by atoms with E-state index in [9.17, 15) is 4.39 Å². The highest BCUT2D eigenvalue weighted by Gasteiger charge is 2.11. The van der Waals surface area contributed by atoms with Crippen molar-refractivity contribution in [2.45, 2.75) is 25.1 Å². The minimum atomic E-state index is -0.144. The fraction of sp³-hybridized carbons (Fsp3) is 0.250. The van der Waals surface area contributed by atoms with Crippen LogP contribution in [0.3, 0.4) is 0 Å². The fourth-order valence-corrected chi connectivity index (χ4v) is 2.65. The molecule has 0 saturated heterocycles. The van der Waals surface area contributed by atoms with Crippen LogP contribution in [0.25, 0.3) is 0 Å². The van der Waals surface area contributed by atoms with Gasteiger partial charge in [-0.1, -0.05) is 52.3 Å². The average Bonchev–Trinajstić information content (AvgIpc) is 2.35. The van der Waals surface area contributed by atoms with E-state index in [0.29, 0.717) is 5.56 Å². The first kappa shape index (κ1) is 13.3. The van der Waals surface area contributed by atoms with Crippen molar-refractivity contribution in [3.05, 3.63) is 70.5 Å². The van der Waals surface area contributed by atoms with Crippen LogP contribution in [0.4, 0.5) is 4.39 Å². The summed E-state index contributed by atoms with van der Waals surface area (Å²) < 4.78 is 13.2. The molecule has 2 heteroatoms. The summed E-state index contributed by atoms with van der Waals surface area (Å²) in [7, 11) is 0. The lowest BCUT2D eigenvalue weighted by molar-refractivity contribution is 0.617. The standard InChI is InChI=1S/C16H16BrF/c1-11-5-3-4-6-13(11)10-15(17)14-7-8-16(18)12(2)9-14/h3-9,15H,10H2,1-2H3. The van der Waals surface area contributed by atoms with Crippen LogP contribution in [0.1, 0.15) is 27.1 Å². The van der Waals surface area contributed by atoms with Gasteiger partial charge in [-0.05, 0) is 48.6 Å². The van der Waals surface area contributed by atoms with Crippen molar-refractivity contribution in [3.8, 4) is 0 Å². The van der Waals surface area contributed by atoms with Gasteiger partial charge in [0.25, 0.3) is 0 Å². The molecule has 18 heavy (non-hydrogen) atoms. The molecule has 0 aromatic heterocycles. The molecule has 0 saturated carbocycles. The van der Waals surface area contributed by atoms with E-state index in [1.54, 1.807) is 6.92 Å². The Labute approximate surface area is 116 Å². The summed E-state index contributed by atoms with van der Waals surface area (Å²) in [6, 6.07) is 13.6. The Hall–Kier alpha value is -1.15. The topological polar surface area (TPSA) is 0 Å². The number of alkyl halides is 1. The fourth-order valence-electron chi connectivity index (χ4n) is 2.01. The third kappa shape index (κ3) is 2.99. The van der Waals surface area contributed by atoms with Gasteiger partial charge in [0.05, 0.1) is 0 Å². The third-order valence-electron chi connectivity index (χ3n) is 3.20. The van der Waals surface area contributed by atoms with Crippen LogP contribution in [0, 0.1) is 19.7 Å². The second-order valence-electron chi connectivity index (χ2n) is 4.61. The van der Waals surface area contributed by atoms with E-state index in [-0.39, 0.29) is 10.6 Å². The zero-order valence-electron chi connectivity index (χ0n) is 10.6. The van der Waals surface area contributed by atoms with Gasteiger partial charge in [-0.3, -0.25) is 0 Å². The molecule has 0 aliphatic carbocycles. The predicted molar refractivity (Wildman–Crippen MR) is 77.7 cm³/mol. The average molecular weight is 307 g/mol. The van der Waals surface area contributed by atoms with Crippen molar-refractivity contribution < 1.29 is 4.39 Å². The maximum atomic E-state index is 13.2. The number of aryl methyl sites for hydroxylation is 2. The third-order valence-corrected chi connectivity index (χ3v) is 4.06. The highest BCUT2D eigenvalue weighted by atomic mass is 79.9. The molecule has 0 spiro atoms. The zero-order chi connectivity index (χ0) is 13.1. The van der Waals surface area contributed by atoms with Crippen LogP contribution in [0.5, 0.6) is 0 Å². The molecule has 0 amide bonds. The normalized spacial score (nSPS) is 12.4. The Morgan fingerprint density at radius 3 is 2.44 bits per heavy atom. The van der Waals surface area contributed by atoms with Gasteiger partial charge < -0.3 is 0 Å². The van der Waals surface area contributed by atoms with Gasteiger partial charge in [0.15, 0.2) is 0 Å². The lowest BCUT2D eigenvalue weighted by atomic mass is 9.99. The van der Waals surface area contributed by atoms with Gasteiger partial charge in [-0.2, -0.15) is 0 Å². The van der Waals surface area contributed by atoms with E-state index in [0.717, 1.165) is 12.0 Å².